The molecule has 2 rings (SSSR count). The van der Waals surface area contributed by atoms with E-state index in [0.29, 0.717) is 12.5 Å². The lowest BCUT2D eigenvalue weighted by Crippen LogP contribution is -2.04. The Morgan fingerprint density at radius 3 is 2.50 bits per heavy atom. The first kappa shape index (κ1) is 13.1. The van der Waals surface area contributed by atoms with Crippen LogP contribution in [0.4, 0.5) is 0 Å². The molecule has 0 saturated heterocycles. The summed E-state index contributed by atoms with van der Waals surface area (Å²) in [5, 5.41) is 0.796. The molecule has 94 valence electrons. The average Bonchev–Trinajstić information content (AvgIpc) is 2.40. The molecule has 1 atom stereocenters. The van der Waals surface area contributed by atoms with E-state index in [9.17, 15) is 0 Å². The molecule has 2 aromatic rings. The van der Waals surface area contributed by atoms with Crippen LogP contribution in [0.5, 0.6) is 0 Å². The van der Waals surface area contributed by atoms with Crippen LogP contribution in [0.25, 0.3) is 11.1 Å². The minimum Gasteiger partial charge on any atom is -0.330 e. The second kappa shape index (κ2) is 6.03. The van der Waals surface area contributed by atoms with Crippen LogP contribution in [0.1, 0.15) is 24.8 Å². The van der Waals surface area contributed by atoms with Crippen molar-refractivity contribution in [2.45, 2.75) is 19.3 Å². The SMILES string of the molecule is CC(CCN)c1ccc(Cl)c(-c2ccccc2)c1. The highest BCUT2D eigenvalue weighted by atomic mass is 35.5. The molecule has 1 nitrogen and oxygen atoms in total. The Kier molecular flexibility index (Phi) is 4.40. The van der Waals surface area contributed by atoms with Crippen LogP contribution in [0, 0.1) is 0 Å². The number of benzene rings is 2. The molecule has 0 aliphatic heterocycles. The van der Waals surface area contributed by atoms with Crippen LogP contribution in [0.3, 0.4) is 0 Å². The minimum atomic E-state index is 0.467. The van der Waals surface area contributed by atoms with Crippen LogP contribution in [0.15, 0.2) is 48.5 Å². The molecular formula is C16H18ClN. The Morgan fingerprint density at radius 2 is 1.83 bits per heavy atom. The predicted molar refractivity (Wildman–Crippen MR) is 79.0 cm³/mol. The third-order valence-electron chi connectivity index (χ3n) is 3.24. The van der Waals surface area contributed by atoms with Gasteiger partial charge in [0.2, 0.25) is 0 Å². The van der Waals surface area contributed by atoms with Crippen LogP contribution in [-0.4, -0.2) is 6.54 Å². The van der Waals surface area contributed by atoms with E-state index in [4.69, 9.17) is 17.3 Å². The Bertz CT molecular complexity index is 508. The molecule has 0 amide bonds. The minimum absolute atomic E-state index is 0.467. The van der Waals surface area contributed by atoms with Crippen molar-refractivity contribution in [2.24, 2.45) is 5.73 Å². The molecule has 2 N–H and O–H groups in total. The highest BCUT2D eigenvalue weighted by Gasteiger charge is 2.09. The van der Waals surface area contributed by atoms with Crippen molar-refractivity contribution in [1.29, 1.82) is 0 Å². The fourth-order valence-corrected chi connectivity index (χ4v) is 2.33. The maximum Gasteiger partial charge on any atom is 0.0484 e. The first-order valence-corrected chi connectivity index (χ1v) is 6.65. The highest BCUT2D eigenvalue weighted by molar-refractivity contribution is 6.33. The molecule has 0 aliphatic carbocycles. The number of hydrogen-bond acceptors (Lipinski definition) is 1. The molecule has 0 saturated carbocycles. The van der Waals surface area contributed by atoms with Gasteiger partial charge in [0, 0.05) is 10.6 Å². The van der Waals surface area contributed by atoms with E-state index >= 15 is 0 Å². The summed E-state index contributed by atoms with van der Waals surface area (Å²) in [6.07, 6.45) is 0.996. The quantitative estimate of drug-likeness (QED) is 0.862. The van der Waals surface area contributed by atoms with Gasteiger partial charge in [-0.3, -0.25) is 0 Å². The van der Waals surface area contributed by atoms with Gasteiger partial charge < -0.3 is 5.73 Å². The van der Waals surface area contributed by atoms with Crippen molar-refractivity contribution >= 4 is 11.6 Å². The third-order valence-corrected chi connectivity index (χ3v) is 3.57. The van der Waals surface area contributed by atoms with E-state index in [0.717, 1.165) is 22.6 Å². The zero-order valence-electron chi connectivity index (χ0n) is 10.6. The molecule has 2 heteroatoms. The summed E-state index contributed by atoms with van der Waals surface area (Å²) in [4.78, 5) is 0. The number of halogens is 1. The van der Waals surface area contributed by atoms with Crippen molar-refractivity contribution < 1.29 is 0 Å². The smallest absolute Gasteiger partial charge is 0.0484 e. The van der Waals surface area contributed by atoms with Crippen molar-refractivity contribution in [2.75, 3.05) is 6.54 Å². The molecule has 0 bridgehead atoms. The molecule has 0 heterocycles. The Hall–Kier alpha value is -1.31. The van der Waals surface area contributed by atoms with E-state index in [1.165, 1.54) is 5.56 Å². The molecule has 0 aliphatic rings. The van der Waals surface area contributed by atoms with E-state index in [-0.39, 0.29) is 0 Å². The second-order valence-corrected chi connectivity index (χ2v) is 4.99. The van der Waals surface area contributed by atoms with Gasteiger partial charge in [-0.15, -0.1) is 0 Å². The summed E-state index contributed by atoms with van der Waals surface area (Å²) in [7, 11) is 0. The van der Waals surface area contributed by atoms with Gasteiger partial charge in [0.1, 0.15) is 0 Å². The molecule has 1 unspecified atom stereocenters. The van der Waals surface area contributed by atoms with Crippen LogP contribution in [0.2, 0.25) is 5.02 Å². The maximum absolute atomic E-state index is 6.29. The second-order valence-electron chi connectivity index (χ2n) is 4.58. The first-order valence-electron chi connectivity index (χ1n) is 6.27. The summed E-state index contributed by atoms with van der Waals surface area (Å²) < 4.78 is 0. The summed E-state index contributed by atoms with van der Waals surface area (Å²) >= 11 is 6.29. The maximum atomic E-state index is 6.29. The van der Waals surface area contributed by atoms with E-state index < -0.39 is 0 Å². The van der Waals surface area contributed by atoms with Crippen molar-refractivity contribution in [3.8, 4) is 11.1 Å². The largest absolute Gasteiger partial charge is 0.330 e. The molecule has 0 fully saturated rings. The summed E-state index contributed by atoms with van der Waals surface area (Å²) in [6, 6.07) is 16.5. The summed E-state index contributed by atoms with van der Waals surface area (Å²) in [5.74, 6) is 0.467. The summed E-state index contributed by atoms with van der Waals surface area (Å²) in [5.41, 5.74) is 9.17. The standard InChI is InChI=1S/C16H18ClN/c1-12(9-10-18)14-7-8-16(17)15(11-14)13-5-3-2-4-6-13/h2-8,11-12H,9-10,18H2,1H3. The molecule has 0 aromatic heterocycles. The van der Waals surface area contributed by atoms with E-state index in [2.05, 4.69) is 31.2 Å². The van der Waals surface area contributed by atoms with E-state index in [1.807, 2.05) is 24.3 Å². The Labute approximate surface area is 114 Å². The normalized spacial score (nSPS) is 12.4. The fourth-order valence-electron chi connectivity index (χ4n) is 2.11. The topological polar surface area (TPSA) is 26.0 Å². The van der Waals surface area contributed by atoms with Crippen LogP contribution < -0.4 is 5.73 Å². The van der Waals surface area contributed by atoms with Crippen molar-refractivity contribution in [3.05, 3.63) is 59.1 Å². The van der Waals surface area contributed by atoms with Gasteiger partial charge in [-0.25, -0.2) is 0 Å². The summed E-state index contributed by atoms with van der Waals surface area (Å²) in [6.45, 7) is 2.91. The lowest BCUT2D eigenvalue weighted by atomic mass is 9.94. The van der Waals surface area contributed by atoms with E-state index in [1.54, 1.807) is 0 Å². The van der Waals surface area contributed by atoms with Crippen molar-refractivity contribution in [1.82, 2.24) is 0 Å². The molecule has 18 heavy (non-hydrogen) atoms. The van der Waals surface area contributed by atoms with Gasteiger partial charge in [-0.05, 0) is 42.1 Å². The van der Waals surface area contributed by atoms with Crippen LogP contribution in [-0.2, 0) is 0 Å². The number of rotatable bonds is 4. The fraction of sp³-hybridized carbons (Fsp3) is 0.250. The average molecular weight is 260 g/mol. The van der Waals surface area contributed by atoms with Crippen LogP contribution >= 0.6 is 11.6 Å². The van der Waals surface area contributed by atoms with Gasteiger partial charge in [0.15, 0.2) is 0 Å². The van der Waals surface area contributed by atoms with Crippen molar-refractivity contribution in [3.63, 3.8) is 0 Å². The number of nitrogens with two attached hydrogens (primary N) is 1. The lowest BCUT2D eigenvalue weighted by molar-refractivity contribution is 0.690. The molecule has 0 radical (unpaired) electrons. The zero-order chi connectivity index (χ0) is 13.0. The zero-order valence-corrected chi connectivity index (χ0v) is 11.3. The Morgan fingerprint density at radius 1 is 1.11 bits per heavy atom. The third kappa shape index (κ3) is 2.92. The van der Waals surface area contributed by atoms with Gasteiger partial charge in [-0.1, -0.05) is 54.9 Å². The number of hydrogen-bond donors (Lipinski definition) is 1. The van der Waals surface area contributed by atoms with Gasteiger partial charge in [0.25, 0.3) is 0 Å². The first-order chi connectivity index (χ1) is 8.72. The highest BCUT2D eigenvalue weighted by Crippen LogP contribution is 2.31. The molecular weight excluding hydrogens is 242 g/mol. The van der Waals surface area contributed by atoms with Gasteiger partial charge in [-0.2, -0.15) is 0 Å². The monoisotopic (exact) mass is 259 g/mol. The lowest BCUT2D eigenvalue weighted by Gasteiger charge is -2.13. The Balaban J connectivity index is 2.39. The molecule has 2 aromatic carbocycles. The van der Waals surface area contributed by atoms with Gasteiger partial charge in [0.05, 0.1) is 0 Å². The predicted octanol–water partition coefficient (Wildman–Crippen LogP) is 4.46. The van der Waals surface area contributed by atoms with Gasteiger partial charge >= 0.3 is 0 Å². The molecule has 0 spiro atoms.